The summed E-state index contributed by atoms with van der Waals surface area (Å²) in [6, 6.07) is 133. The summed E-state index contributed by atoms with van der Waals surface area (Å²) in [6.45, 7) is 22.6. The van der Waals surface area contributed by atoms with Crippen LogP contribution in [0.4, 0.5) is 0 Å². The normalized spacial score (nSPS) is 11.5. The van der Waals surface area contributed by atoms with Gasteiger partial charge < -0.3 is 0 Å². The summed E-state index contributed by atoms with van der Waals surface area (Å²) in [5.74, 6) is 0. The number of rotatable bonds is 27. The van der Waals surface area contributed by atoms with Gasteiger partial charge in [0.2, 0.25) is 0 Å². The minimum atomic E-state index is 0.126. The molecule has 0 aliphatic heterocycles. The molecule has 18 aromatic rings. The van der Waals surface area contributed by atoms with E-state index < -0.39 is 0 Å². The van der Waals surface area contributed by atoms with Gasteiger partial charge in [-0.05, 0) is 353 Å². The number of hydrogen-bond acceptors (Lipinski definition) is 0. The second kappa shape index (κ2) is 40.4. The Morgan fingerprint density at radius 3 is 0.624 bits per heavy atom. The van der Waals surface area contributed by atoms with Gasteiger partial charge >= 0.3 is 0 Å². The number of hydrogen-bond donors (Lipinski definition) is 0. The first-order valence-electron chi connectivity index (χ1n) is 47.0. The van der Waals surface area contributed by atoms with E-state index >= 15 is 0 Å². The van der Waals surface area contributed by atoms with Crippen LogP contribution in [0.1, 0.15) is 184 Å². The summed E-state index contributed by atoms with van der Waals surface area (Å²) in [4.78, 5) is 0. The summed E-state index contributed by atoms with van der Waals surface area (Å²) in [5, 5.41) is 15.5. The van der Waals surface area contributed by atoms with Crippen molar-refractivity contribution in [1.82, 2.24) is 0 Å². The third-order valence-electron chi connectivity index (χ3n) is 26.0. The Labute approximate surface area is 746 Å². The van der Waals surface area contributed by atoms with Crippen molar-refractivity contribution in [3.05, 3.63) is 396 Å². The Bertz CT molecular complexity index is 6340. The molecule has 0 aliphatic carbocycles. The summed E-state index contributed by atoms with van der Waals surface area (Å²) >= 11 is 0. The van der Waals surface area contributed by atoms with Gasteiger partial charge in [0, 0.05) is 0 Å². The molecule has 0 aromatic heterocycles. The lowest BCUT2D eigenvalue weighted by Crippen LogP contribution is -2.10. The van der Waals surface area contributed by atoms with Crippen molar-refractivity contribution in [3.8, 4) is 100 Å². The Balaban J connectivity index is 0.000000139. The fourth-order valence-corrected chi connectivity index (χ4v) is 18.4. The molecule has 0 saturated heterocycles. The van der Waals surface area contributed by atoms with Gasteiger partial charge in [0.15, 0.2) is 0 Å². The van der Waals surface area contributed by atoms with Crippen molar-refractivity contribution < 1.29 is 0 Å². The number of fused-ring (bicyclic) bond motifs is 6. The Morgan fingerprint density at radius 2 is 0.392 bits per heavy atom. The quantitative estimate of drug-likeness (QED) is 0.0450. The Hall–Kier alpha value is -12.5. The molecule has 18 rings (SSSR count). The van der Waals surface area contributed by atoms with Crippen LogP contribution in [0.3, 0.4) is 0 Å². The number of unbranched alkanes of at least 4 members (excludes halogenated alkanes) is 6. The van der Waals surface area contributed by atoms with Crippen molar-refractivity contribution >= 4 is 64.6 Å². The maximum Gasteiger partial charge on any atom is -0.00241 e. The molecule has 0 radical (unpaired) electrons. The van der Waals surface area contributed by atoms with Crippen LogP contribution in [-0.2, 0) is 43.9 Å². The Morgan fingerprint density at radius 1 is 0.184 bits per heavy atom. The van der Waals surface area contributed by atoms with Crippen LogP contribution in [-0.4, -0.2) is 0 Å². The zero-order valence-corrected chi connectivity index (χ0v) is 75.7. The Kier molecular flexibility index (Phi) is 27.8. The first kappa shape index (κ1) is 86.1. The molecule has 18 aromatic carbocycles. The maximum absolute atomic E-state index is 2.40. The van der Waals surface area contributed by atoms with Crippen molar-refractivity contribution in [2.75, 3.05) is 0 Å². The third kappa shape index (κ3) is 20.3. The van der Waals surface area contributed by atoms with E-state index in [9.17, 15) is 0 Å². The molecule has 0 N–H and O–H groups in total. The predicted octanol–water partition coefficient (Wildman–Crippen LogP) is 36.6. The minimum Gasteiger partial charge on any atom is -0.0654 e. The average molecular weight is 1630 g/mol. The summed E-state index contributed by atoms with van der Waals surface area (Å²) < 4.78 is 0. The standard InChI is InChI=1S/C44H46.C41H40.C40H38/c1-6-8-10-31-12-16-33(17-13-31)36-22-26-41-38(28-36)30-39-29-37(34-18-14-32(15-19-34)11-9-7-2)23-27-42(39)43(41)35-20-24-40(25-21-35)44(3,4)5;1-4-6-11-30-14-18-32(19-15-30)34-22-24-39-36(26-34)28-37-27-35(33-20-16-31(17-21-33)12-7-5-2)23-25-40(37)41(39)38-13-9-8-10-29(38)3;1-3-5-10-29-14-18-31(19-15-29)34-22-24-38-36(26-34)28-37-27-35(32-20-16-30(17-21-32)11-6-4-2)23-25-39(37)40(38)33-12-8-7-9-13-33/h12-30H,6-11H2,1-5H3;8-10,13-28H,4-7,11-12H2,1-3H3;7-9,12-28H,3-6,10-11H2,1-2H3. The van der Waals surface area contributed by atoms with Gasteiger partial charge in [0.1, 0.15) is 0 Å². The highest BCUT2D eigenvalue weighted by molar-refractivity contribution is 6.17. The SMILES string of the molecule is CCCCc1ccc(-c2ccc3c(-c4ccc(C(C)(C)C)cc4)c4ccc(-c5ccc(CCCC)cc5)cc4cc3c2)cc1.CCCCc1ccc(-c2ccc3c(-c4ccccc4)c4ccc(-c5ccc(CCCC)cc5)cc4cc3c2)cc1.CCCCc1ccc(-c2ccc3c(-c4ccccc4C)c4ccc(-c5ccc(CCCC)cc5)cc4cc3c2)cc1. The largest absolute Gasteiger partial charge is 0.0654 e. The molecule has 0 amide bonds. The van der Waals surface area contributed by atoms with Gasteiger partial charge in [0.05, 0.1) is 0 Å². The van der Waals surface area contributed by atoms with Crippen LogP contribution in [0, 0.1) is 6.92 Å². The molecule has 624 valence electrons. The minimum absolute atomic E-state index is 0.126. The topological polar surface area (TPSA) is 0 Å². The molecule has 0 fully saturated rings. The van der Waals surface area contributed by atoms with Gasteiger partial charge in [0.25, 0.3) is 0 Å². The van der Waals surface area contributed by atoms with Crippen LogP contribution < -0.4 is 0 Å². The number of benzene rings is 18. The lowest BCUT2D eigenvalue weighted by Gasteiger charge is -2.20. The molecule has 0 nitrogen and oxygen atoms in total. The summed E-state index contributed by atoms with van der Waals surface area (Å²) in [5.41, 5.74) is 34.5. The molecule has 0 spiro atoms. The van der Waals surface area contributed by atoms with Gasteiger partial charge in [-0.3, -0.25) is 0 Å². The van der Waals surface area contributed by atoms with Crippen LogP contribution in [0.2, 0.25) is 0 Å². The van der Waals surface area contributed by atoms with Gasteiger partial charge in [-0.1, -0.05) is 398 Å². The molecule has 0 heteroatoms. The van der Waals surface area contributed by atoms with E-state index in [2.05, 4.69) is 421 Å². The van der Waals surface area contributed by atoms with Crippen LogP contribution in [0.5, 0.6) is 0 Å². The van der Waals surface area contributed by atoms with E-state index in [0.717, 1.165) is 38.5 Å². The van der Waals surface area contributed by atoms with Crippen molar-refractivity contribution in [3.63, 3.8) is 0 Å². The molecule has 0 heterocycles. The highest BCUT2D eigenvalue weighted by atomic mass is 14.2. The predicted molar refractivity (Wildman–Crippen MR) is 548 cm³/mol. The zero-order chi connectivity index (χ0) is 86.2. The monoisotopic (exact) mass is 1620 g/mol. The van der Waals surface area contributed by atoms with Crippen LogP contribution >= 0.6 is 0 Å². The summed E-state index contributed by atoms with van der Waals surface area (Å²) in [7, 11) is 0. The second-order valence-corrected chi connectivity index (χ2v) is 36.2. The van der Waals surface area contributed by atoms with E-state index in [1.54, 1.807) is 0 Å². The van der Waals surface area contributed by atoms with Crippen molar-refractivity contribution in [1.29, 1.82) is 0 Å². The van der Waals surface area contributed by atoms with E-state index in [0.29, 0.717) is 0 Å². The lowest BCUT2D eigenvalue weighted by atomic mass is 9.84. The molecule has 0 aliphatic rings. The molecule has 125 heavy (non-hydrogen) atoms. The fourth-order valence-electron chi connectivity index (χ4n) is 18.4. The van der Waals surface area contributed by atoms with Crippen molar-refractivity contribution in [2.45, 2.75) is 190 Å². The van der Waals surface area contributed by atoms with Crippen LogP contribution in [0.15, 0.2) is 352 Å². The zero-order valence-electron chi connectivity index (χ0n) is 75.7. The molecule has 0 unspecified atom stereocenters. The highest BCUT2D eigenvalue weighted by Crippen LogP contribution is 2.45. The highest BCUT2D eigenvalue weighted by Gasteiger charge is 2.20. The second-order valence-electron chi connectivity index (χ2n) is 36.2. The summed E-state index contributed by atoms with van der Waals surface area (Å²) in [6.07, 6.45) is 21.8. The van der Waals surface area contributed by atoms with E-state index in [-0.39, 0.29) is 5.41 Å². The number of aryl methyl sites for hydroxylation is 7. The fraction of sp³-hybridized carbons (Fsp3) is 0.232. The molecular weight excluding hydrogens is 1500 g/mol. The average Bonchev–Trinajstić information content (AvgIpc) is 0.746. The molecule has 0 saturated carbocycles. The maximum atomic E-state index is 2.40. The van der Waals surface area contributed by atoms with Gasteiger partial charge in [-0.25, -0.2) is 0 Å². The van der Waals surface area contributed by atoms with Gasteiger partial charge in [-0.2, -0.15) is 0 Å². The molecular formula is C125H124. The van der Waals surface area contributed by atoms with Crippen molar-refractivity contribution in [2.24, 2.45) is 0 Å². The van der Waals surface area contributed by atoms with Crippen LogP contribution in [0.25, 0.3) is 165 Å². The van der Waals surface area contributed by atoms with E-state index in [1.807, 2.05) is 0 Å². The third-order valence-corrected chi connectivity index (χ3v) is 26.0. The van der Waals surface area contributed by atoms with E-state index in [4.69, 9.17) is 0 Å². The smallest absolute Gasteiger partial charge is 0.00241 e. The molecule has 0 atom stereocenters. The lowest BCUT2D eigenvalue weighted by molar-refractivity contribution is 0.590. The van der Waals surface area contributed by atoms with E-state index in [1.165, 1.54) is 286 Å². The molecule has 0 bridgehead atoms. The first-order chi connectivity index (χ1) is 61.2. The first-order valence-corrected chi connectivity index (χ1v) is 47.0. The van der Waals surface area contributed by atoms with Gasteiger partial charge in [-0.15, -0.1) is 0 Å².